The van der Waals surface area contributed by atoms with E-state index in [0.29, 0.717) is 19.4 Å². The molecule has 0 atom stereocenters. The number of aliphatic carboxylic acids is 1. The summed E-state index contributed by atoms with van der Waals surface area (Å²) in [7, 11) is 0. The zero-order valence-electron chi connectivity index (χ0n) is 33.1. The molecule has 0 bridgehead atoms. The van der Waals surface area contributed by atoms with Crippen LogP contribution in [-0.2, 0) is 19.1 Å². The number of esters is 1. The molecule has 0 aromatic rings. The van der Waals surface area contributed by atoms with E-state index in [1.54, 1.807) is 0 Å². The van der Waals surface area contributed by atoms with Crippen LogP contribution in [0.1, 0.15) is 251 Å². The highest BCUT2D eigenvalue weighted by Gasteiger charge is 2.03. The summed E-state index contributed by atoms with van der Waals surface area (Å²) in [6.45, 7) is 4.77. The number of rotatable bonds is 43. The lowest BCUT2D eigenvalue weighted by Gasteiger charge is -2.06. The molecule has 0 aliphatic heterocycles. The number of carboxylic acid groups (broad SMARTS) is 1. The molecule has 0 fully saturated rings. The lowest BCUT2D eigenvalue weighted by atomic mass is 10.0. The number of carboxylic acids is 1. The molecule has 0 aromatic heterocycles. The Morgan fingerprint density at radius 2 is 0.612 bits per heavy atom. The average molecular weight is 695 g/mol. The summed E-state index contributed by atoms with van der Waals surface area (Å²) in [4.78, 5) is 22.3. The Balaban J connectivity index is 3.10. The fourth-order valence-corrected chi connectivity index (χ4v) is 6.79. The van der Waals surface area contributed by atoms with Gasteiger partial charge in [0, 0.05) is 26.1 Å². The van der Waals surface area contributed by atoms with E-state index in [-0.39, 0.29) is 5.97 Å². The van der Waals surface area contributed by atoms with Crippen molar-refractivity contribution in [1.29, 1.82) is 0 Å². The quantitative estimate of drug-likeness (QED) is 0.0508. The second kappa shape index (κ2) is 43.1. The largest absolute Gasteiger partial charge is 0.481 e. The summed E-state index contributed by atoms with van der Waals surface area (Å²) in [5, 5.41) is 8.65. The summed E-state index contributed by atoms with van der Waals surface area (Å²) in [5.74, 6) is -0.646. The predicted octanol–water partition coefficient (Wildman–Crippen LogP) is 14.5. The first-order valence-electron chi connectivity index (χ1n) is 22.1. The van der Waals surface area contributed by atoms with Crippen LogP contribution in [0.25, 0.3) is 0 Å². The van der Waals surface area contributed by atoms with E-state index < -0.39 is 5.97 Å². The van der Waals surface area contributed by atoms with Crippen LogP contribution in [0.15, 0.2) is 0 Å². The van der Waals surface area contributed by atoms with Crippen molar-refractivity contribution < 1.29 is 24.2 Å². The first-order valence-corrected chi connectivity index (χ1v) is 22.1. The molecule has 0 aromatic carbocycles. The van der Waals surface area contributed by atoms with Crippen molar-refractivity contribution in [2.45, 2.75) is 251 Å². The maximum absolute atomic E-state index is 11.8. The second-order valence-corrected chi connectivity index (χ2v) is 15.1. The summed E-state index contributed by atoms with van der Waals surface area (Å²) >= 11 is 0. The van der Waals surface area contributed by atoms with Crippen LogP contribution in [0.4, 0.5) is 0 Å². The van der Waals surface area contributed by atoms with E-state index in [4.69, 9.17) is 14.6 Å². The Labute approximate surface area is 306 Å². The second-order valence-electron chi connectivity index (χ2n) is 15.1. The smallest absolute Gasteiger partial charge is 0.305 e. The maximum Gasteiger partial charge on any atom is 0.305 e. The molecule has 0 unspecified atom stereocenters. The van der Waals surface area contributed by atoms with Crippen LogP contribution in [0, 0.1) is 0 Å². The van der Waals surface area contributed by atoms with Gasteiger partial charge >= 0.3 is 11.9 Å². The molecule has 0 rings (SSSR count). The molecule has 5 heteroatoms. The third-order valence-corrected chi connectivity index (χ3v) is 10.1. The van der Waals surface area contributed by atoms with Gasteiger partial charge in [0.1, 0.15) is 0 Å². The van der Waals surface area contributed by atoms with Gasteiger partial charge in [0.05, 0.1) is 6.61 Å². The molecule has 0 saturated heterocycles. The van der Waals surface area contributed by atoms with Crippen molar-refractivity contribution in [3.8, 4) is 0 Å². The molecule has 292 valence electrons. The lowest BCUT2D eigenvalue weighted by Crippen LogP contribution is -2.05. The van der Waals surface area contributed by atoms with Gasteiger partial charge in [-0.25, -0.2) is 0 Å². The molecule has 0 radical (unpaired) electrons. The first kappa shape index (κ1) is 47.9. The molecule has 0 amide bonds. The normalized spacial score (nSPS) is 11.4. The molecule has 49 heavy (non-hydrogen) atoms. The van der Waals surface area contributed by atoms with Crippen LogP contribution in [0.2, 0.25) is 0 Å². The molecule has 0 heterocycles. The minimum absolute atomic E-state index is 0.0106. The van der Waals surface area contributed by atoms with Crippen molar-refractivity contribution >= 4 is 11.9 Å². The van der Waals surface area contributed by atoms with Crippen molar-refractivity contribution in [1.82, 2.24) is 0 Å². The van der Waals surface area contributed by atoms with Gasteiger partial charge in [0.15, 0.2) is 0 Å². The highest BCUT2D eigenvalue weighted by molar-refractivity contribution is 5.69. The number of unbranched alkanes of at least 4 members (excludes halogenated alkanes) is 33. The van der Waals surface area contributed by atoms with Gasteiger partial charge in [-0.2, -0.15) is 0 Å². The molecular formula is C44H86O5. The third kappa shape index (κ3) is 44.9. The molecule has 0 spiro atoms. The van der Waals surface area contributed by atoms with Crippen LogP contribution >= 0.6 is 0 Å². The summed E-state index contributed by atoms with van der Waals surface area (Å²) < 4.78 is 11.2. The van der Waals surface area contributed by atoms with E-state index in [9.17, 15) is 9.59 Å². The zero-order chi connectivity index (χ0) is 35.6. The van der Waals surface area contributed by atoms with E-state index in [2.05, 4.69) is 6.92 Å². The number of ether oxygens (including phenoxy) is 2. The molecule has 0 aliphatic rings. The van der Waals surface area contributed by atoms with Gasteiger partial charge in [0.25, 0.3) is 0 Å². The highest BCUT2D eigenvalue weighted by atomic mass is 16.5. The minimum Gasteiger partial charge on any atom is -0.481 e. The molecule has 0 aliphatic carbocycles. The van der Waals surface area contributed by atoms with Gasteiger partial charge in [-0.3, -0.25) is 9.59 Å². The maximum atomic E-state index is 11.8. The Morgan fingerprint density at radius 3 is 0.939 bits per heavy atom. The average Bonchev–Trinajstić information content (AvgIpc) is 3.09. The summed E-state index contributed by atoms with van der Waals surface area (Å²) in [6, 6.07) is 0. The Hall–Kier alpha value is -1.10. The van der Waals surface area contributed by atoms with Gasteiger partial charge in [-0.05, 0) is 32.1 Å². The highest BCUT2D eigenvalue weighted by Crippen LogP contribution is 2.16. The van der Waals surface area contributed by atoms with Crippen molar-refractivity contribution in [3.63, 3.8) is 0 Å². The van der Waals surface area contributed by atoms with Crippen molar-refractivity contribution in [2.24, 2.45) is 0 Å². The molecule has 0 saturated carbocycles. The Morgan fingerprint density at radius 1 is 0.347 bits per heavy atom. The summed E-state index contributed by atoms with van der Waals surface area (Å²) in [5.41, 5.74) is 0. The van der Waals surface area contributed by atoms with E-state index >= 15 is 0 Å². The number of carbonyl (C=O) groups is 2. The van der Waals surface area contributed by atoms with Crippen LogP contribution in [-0.4, -0.2) is 36.9 Å². The fraction of sp³-hybridized carbons (Fsp3) is 0.955. The SMILES string of the molecule is CCCCCCCCOC(=O)CCCCCCCCCCCCCCCCCOCCCCCCCCCCCCCCCCCC(=O)O. The fourth-order valence-electron chi connectivity index (χ4n) is 6.79. The van der Waals surface area contributed by atoms with Crippen LogP contribution in [0.5, 0.6) is 0 Å². The third-order valence-electron chi connectivity index (χ3n) is 10.1. The topological polar surface area (TPSA) is 72.8 Å². The monoisotopic (exact) mass is 695 g/mol. The first-order chi connectivity index (χ1) is 24.2. The standard InChI is InChI=1S/C44H86O5/c1-2-3-4-5-32-37-42-49-44(47)39-34-29-25-21-17-13-9-7-11-15-19-23-27-31-36-41-48-40-35-30-26-22-18-14-10-6-8-12-16-20-24-28-33-38-43(45)46/h2-42H2,1H3,(H,45,46). The number of hydrogen-bond donors (Lipinski definition) is 1. The lowest BCUT2D eigenvalue weighted by molar-refractivity contribution is -0.144. The van der Waals surface area contributed by atoms with Gasteiger partial charge in [0.2, 0.25) is 0 Å². The van der Waals surface area contributed by atoms with Gasteiger partial charge < -0.3 is 14.6 Å². The summed E-state index contributed by atoms with van der Waals surface area (Å²) in [6.07, 6.45) is 47.5. The number of carbonyl (C=O) groups excluding carboxylic acids is 1. The van der Waals surface area contributed by atoms with Crippen LogP contribution in [0.3, 0.4) is 0 Å². The van der Waals surface area contributed by atoms with Gasteiger partial charge in [-0.15, -0.1) is 0 Å². The van der Waals surface area contributed by atoms with Crippen molar-refractivity contribution in [3.05, 3.63) is 0 Å². The van der Waals surface area contributed by atoms with Crippen molar-refractivity contribution in [2.75, 3.05) is 19.8 Å². The van der Waals surface area contributed by atoms with E-state index in [0.717, 1.165) is 38.9 Å². The minimum atomic E-state index is -0.657. The van der Waals surface area contributed by atoms with E-state index in [1.807, 2.05) is 0 Å². The van der Waals surface area contributed by atoms with E-state index in [1.165, 1.54) is 205 Å². The molecular weight excluding hydrogens is 608 g/mol. The predicted molar refractivity (Wildman–Crippen MR) is 211 cm³/mol. The Kier molecular flexibility index (Phi) is 42.1. The Bertz CT molecular complexity index is 651. The zero-order valence-corrected chi connectivity index (χ0v) is 33.1. The number of hydrogen-bond acceptors (Lipinski definition) is 4. The molecule has 1 N–H and O–H groups in total. The van der Waals surface area contributed by atoms with Gasteiger partial charge in [-0.1, -0.05) is 206 Å². The van der Waals surface area contributed by atoms with Crippen LogP contribution < -0.4 is 0 Å². The molecule has 5 nitrogen and oxygen atoms in total.